The average molecular weight is 291 g/mol. The lowest BCUT2D eigenvalue weighted by Crippen LogP contribution is -3.00. The first kappa shape index (κ1) is 11.4. The Morgan fingerprint density at radius 2 is 2.07 bits per heavy atom. The summed E-state index contributed by atoms with van der Waals surface area (Å²) in [6.45, 7) is 1.03. The van der Waals surface area contributed by atoms with Crippen LogP contribution in [0.4, 0.5) is 0 Å². The molecule has 3 rings (SSSR count). The summed E-state index contributed by atoms with van der Waals surface area (Å²) in [6, 6.07) is 0.623. The molecule has 2 aliphatic rings. The summed E-state index contributed by atoms with van der Waals surface area (Å²) in [7, 11) is 0. The maximum Gasteiger partial charge on any atom is 0.317 e. The second-order valence-electron chi connectivity index (χ2n) is 4.07. The summed E-state index contributed by atoms with van der Waals surface area (Å²) in [5, 5.41) is 9.73. The second-order valence-corrected chi connectivity index (χ2v) is 5.13. The number of aromatic nitrogens is 4. The number of hydrogen-bond donors (Lipinski definition) is 0. The molecule has 0 saturated heterocycles. The van der Waals surface area contributed by atoms with Crippen molar-refractivity contribution in [2.45, 2.75) is 49.8 Å². The lowest BCUT2D eigenvalue weighted by Gasteiger charge is -2.16. The van der Waals surface area contributed by atoms with Crippen molar-refractivity contribution in [2.24, 2.45) is 0 Å². The van der Waals surface area contributed by atoms with Gasteiger partial charge in [0.05, 0.1) is 0 Å². The van der Waals surface area contributed by atoms with Gasteiger partial charge in [-0.05, 0) is 37.4 Å². The monoisotopic (exact) mass is 290 g/mol. The van der Waals surface area contributed by atoms with Crippen molar-refractivity contribution in [2.75, 3.05) is 5.75 Å². The van der Waals surface area contributed by atoms with Crippen molar-refractivity contribution >= 4 is 11.8 Å². The molecule has 1 aliphatic carbocycles. The number of nitrogens with zero attached hydrogens (tertiary/aromatic N) is 4. The van der Waals surface area contributed by atoms with E-state index < -0.39 is 0 Å². The first-order valence-corrected chi connectivity index (χ1v) is 6.42. The Bertz CT molecular complexity index is 335. The van der Waals surface area contributed by atoms with E-state index in [-0.39, 0.29) is 17.0 Å². The van der Waals surface area contributed by atoms with Gasteiger partial charge in [-0.2, -0.15) is 0 Å². The van der Waals surface area contributed by atoms with Crippen molar-refractivity contribution in [3.05, 3.63) is 0 Å². The second kappa shape index (κ2) is 4.82. The Morgan fingerprint density at radius 1 is 1.27 bits per heavy atom. The SMILES string of the molecule is C1CCC(n2nn[n+]3c2SCC3)CC1.[Br-]. The third-order valence-corrected chi connectivity index (χ3v) is 4.16. The summed E-state index contributed by atoms with van der Waals surface area (Å²) in [5.74, 6) is 1.16. The highest BCUT2D eigenvalue weighted by Crippen LogP contribution is 2.30. The molecule has 0 atom stereocenters. The Morgan fingerprint density at radius 3 is 2.87 bits per heavy atom. The lowest BCUT2D eigenvalue weighted by molar-refractivity contribution is -0.780. The van der Waals surface area contributed by atoms with Gasteiger partial charge in [-0.15, -0.1) is 4.68 Å². The lowest BCUT2D eigenvalue weighted by atomic mass is 9.96. The van der Waals surface area contributed by atoms with Gasteiger partial charge < -0.3 is 17.0 Å². The molecule has 2 heterocycles. The fourth-order valence-electron chi connectivity index (χ4n) is 2.35. The van der Waals surface area contributed by atoms with Crippen molar-refractivity contribution < 1.29 is 21.7 Å². The minimum absolute atomic E-state index is 0. The largest absolute Gasteiger partial charge is 1.00 e. The molecule has 0 N–H and O–H groups in total. The molecule has 0 spiro atoms. The van der Waals surface area contributed by atoms with Crippen molar-refractivity contribution in [3.8, 4) is 0 Å². The highest BCUT2D eigenvalue weighted by Gasteiger charge is 2.32. The van der Waals surface area contributed by atoms with Crippen LogP contribution in [0.15, 0.2) is 5.16 Å². The highest BCUT2D eigenvalue weighted by atomic mass is 79.9. The van der Waals surface area contributed by atoms with Crippen LogP contribution >= 0.6 is 11.8 Å². The number of rotatable bonds is 1. The first-order chi connectivity index (χ1) is 6.95. The minimum Gasteiger partial charge on any atom is -1.00 e. The van der Waals surface area contributed by atoms with Crippen LogP contribution in [0.25, 0.3) is 0 Å². The van der Waals surface area contributed by atoms with Crippen LogP contribution in [0, 0.1) is 0 Å². The zero-order valence-corrected chi connectivity index (χ0v) is 11.0. The molecule has 1 fully saturated rings. The standard InChI is InChI=1S/C9H15N4S.BrH/c1-2-4-8(5-3-1)13-9-12(10-11-13)6-7-14-9;/h8H,1-7H2;1H/q+1;/p-1. The van der Waals surface area contributed by atoms with Crippen LogP contribution in [0.2, 0.25) is 0 Å². The summed E-state index contributed by atoms with van der Waals surface area (Å²) >= 11 is 1.90. The zero-order chi connectivity index (χ0) is 9.38. The molecule has 1 aromatic heterocycles. The van der Waals surface area contributed by atoms with Gasteiger partial charge in [-0.25, -0.2) is 0 Å². The van der Waals surface area contributed by atoms with E-state index >= 15 is 0 Å². The normalized spacial score (nSPS) is 21.1. The number of halogens is 1. The van der Waals surface area contributed by atoms with E-state index in [1.54, 1.807) is 0 Å². The molecule has 0 amide bonds. The Kier molecular flexibility index (Phi) is 3.66. The molecule has 0 bridgehead atoms. The van der Waals surface area contributed by atoms with Gasteiger partial charge in [0.15, 0.2) is 5.21 Å². The molecule has 0 radical (unpaired) electrons. The summed E-state index contributed by atoms with van der Waals surface area (Å²) in [5.41, 5.74) is 0. The van der Waals surface area contributed by atoms with Gasteiger partial charge in [0, 0.05) is 5.75 Å². The molecule has 84 valence electrons. The first-order valence-electron chi connectivity index (χ1n) is 5.43. The Hall–Kier alpha value is -0.100. The Balaban J connectivity index is 0.000000853. The molecule has 1 aromatic rings. The van der Waals surface area contributed by atoms with Gasteiger partial charge >= 0.3 is 5.16 Å². The summed E-state index contributed by atoms with van der Waals surface area (Å²) < 4.78 is 4.20. The molecular formula is C9H15BrN4S. The van der Waals surface area contributed by atoms with Gasteiger partial charge in [0.1, 0.15) is 17.8 Å². The van der Waals surface area contributed by atoms with E-state index in [2.05, 4.69) is 15.1 Å². The van der Waals surface area contributed by atoms with E-state index in [4.69, 9.17) is 0 Å². The predicted molar refractivity (Wildman–Crippen MR) is 53.1 cm³/mol. The van der Waals surface area contributed by atoms with Gasteiger partial charge in [-0.3, -0.25) is 0 Å². The molecule has 1 aliphatic heterocycles. The van der Waals surface area contributed by atoms with E-state index in [0.29, 0.717) is 6.04 Å². The fraction of sp³-hybridized carbons (Fsp3) is 0.889. The maximum absolute atomic E-state index is 4.27. The molecule has 0 aromatic carbocycles. The smallest absolute Gasteiger partial charge is 0.317 e. The van der Waals surface area contributed by atoms with E-state index in [1.807, 2.05) is 16.4 Å². The number of thioether (sulfide) groups is 1. The topological polar surface area (TPSA) is 34.6 Å². The molecule has 1 saturated carbocycles. The molecule has 4 nitrogen and oxygen atoms in total. The van der Waals surface area contributed by atoms with Gasteiger partial charge in [-0.1, -0.05) is 11.1 Å². The fourth-order valence-corrected chi connectivity index (χ4v) is 3.39. The third-order valence-electron chi connectivity index (χ3n) is 3.12. The quantitative estimate of drug-likeness (QED) is 0.572. The number of fused-ring (bicyclic) bond motifs is 1. The summed E-state index contributed by atoms with van der Waals surface area (Å²) in [4.78, 5) is 0. The van der Waals surface area contributed by atoms with Crippen LogP contribution in [-0.4, -0.2) is 20.9 Å². The number of tetrazole rings is 1. The minimum atomic E-state index is 0. The molecule has 6 heteroatoms. The molecular weight excluding hydrogens is 276 g/mol. The molecule has 0 unspecified atom stereocenters. The van der Waals surface area contributed by atoms with E-state index in [9.17, 15) is 0 Å². The van der Waals surface area contributed by atoms with Crippen LogP contribution in [-0.2, 0) is 6.54 Å². The van der Waals surface area contributed by atoms with Crippen LogP contribution in [0.1, 0.15) is 38.1 Å². The Labute approximate surface area is 104 Å². The molecule has 15 heavy (non-hydrogen) atoms. The van der Waals surface area contributed by atoms with Crippen molar-refractivity contribution in [1.82, 2.24) is 15.1 Å². The van der Waals surface area contributed by atoms with Crippen molar-refractivity contribution in [1.29, 1.82) is 0 Å². The van der Waals surface area contributed by atoms with Crippen molar-refractivity contribution in [3.63, 3.8) is 0 Å². The zero-order valence-electron chi connectivity index (χ0n) is 8.60. The number of hydrogen-bond acceptors (Lipinski definition) is 3. The van der Waals surface area contributed by atoms with E-state index in [1.165, 1.54) is 37.3 Å². The van der Waals surface area contributed by atoms with Crippen LogP contribution < -0.4 is 21.7 Å². The summed E-state index contributed by atoms with van der Waals surface area (Å²) in [6.07, 6.45) is 6.69. The van der Waals surface area contributed by atoms with E-state index in [0.717, 1.165) is 12.3 Å². The highest BCUT2D eigenvalue weighted by molar-refractivity contribution is 7.99. The van der Waals surface area contributed by atoms with Gasteiger partial charge in [0.2, 0.25) is 0 Å². The predicted octanol–water partition coefficient (Wildman–Crippen LogP) is -1.82. The average Bonchev–Trinajstić information content (AvgIpc) is 2.79. The van der Waals surface area contributed by atoms with Crippen LogP contribution in [0.3, 0.4) is 0 Å². The van der Waals surface area contributed by atoms with Crippen LogP contribution in [0.5, 0.6) is 0 Å². The maximum atomic E-state index is 4.27. The third kappa shape index (κ3) is 2.06. The van der Waals surface area contributed by atoms with Gasteiger partial charge in [0.25, 0.3) is 0 Å². The number of aryl methyl sites for hydroxylation is 1.